The van der Waals surface area contributed by atoms with Crippen LogP contribution in [0.4, 0.5) is 8.78 Å². The summed E-state index contributed by atoms with van der Waals surface area (Å²) in [6.07, 6.45) is 1.71. The number of hydrogen-bond donors (Lipinski definition) is 1. The largest absolute Gasteiger partial charge is 0.386 e. The highest BCUT2D eigenvalue weighted by Crippen LogP contribution is 2.50. The number of sulfone groups is 1. The Kier molecular flexibility index (Phi) is 4.34. The average molecular weight is 419 g/mol. The Labute approximate surface area is 166 Å². The summed E-state index contributed by atoms with van der Waals surface area (Å²) in [4.78, 5) is 20.5. The van der Waals surface area contributed by atoms with E-state index in [2.05, 4.69) is 9.98 Å². The van der Waals surface area contributed by atoms with E-state index in [9.17, 15) is 22.0 Å². The van der Waals surface area contributed by atoms with E-state index in [-0.39, 0.29) is 35.0 Å². The Morgan fingerprint density at radius 2 is 1.93 bits per heavy atom. The number of benzene rings is 1. The van der Waals surface area contributed by atoms with Crippen molar-refractivity contribution in [3.05, 3.63) is 65.0 Å². The Hall–Kier alpha value is -2.68. The molecular formula is C20H19F2N3O3S. The van der Waals surface area contributed by atoms with Crippen LogP contribution in [0.3, 0.4) is 0 Å². The molecule has 0 amide bonds. The second-order valence-corrected chi connectivity index (χ2v) is 10.1. The first kappa shape index (κ1) is 19.6. The minimum atomic E-state index is -3.59. The molecule has 29 heavy (non-hydrogen) atoms. The number of carbonyl (C=O) groups is 1. The smallest absolute Gasteiger partial charge is 0.185 e. The van der Waals surface area contributed by atoms with Gasteiger partial charge in [0.15, 0.2) is 15.6 Å². The molecule has 1 saturated carbocycles. The highest BCUT2D eigenvalue weighted by atomic mass is 32.2. The van der Waals surface area contributed by atoms with Crippen molar-refractivity contribution in [2.75, 3.05) is 5.75 Å². The van der Waals surface area contributed by atoms with Crippen molar-refractivity contribution >= 4 is 21.5 Å². The predicted molar refractivity (Wildman–Crippen MR) is 103 cm³/mol. The van der Waals surface area contributed by atoms with E-state index < -0.39 is 31.8 Å². The van der Waals surface area contributed by atoms with Crippen molar-refractivity contribution in [1.82, 2.24) is 4.98 Å². The lowest BCUT2D eigenvalue weighted by Gasteiger charge is -2.34. The van der Waals surface area contributed by atoms with Gasteiger partial charge in [0, 0.05) is 12.0 Å². The molecule has 0 unspecified atom stereocenters. The molecule has 1 aliphatic carbocycles. The molecule has 2 heterocycles. The number of Topliss-reactive ketones (excluding diaryl/α,β-unsaturated/α-hetero) is 1. The molecule has 1 aromatic heterocycles. The van der Waals surface area contributed by atoms with Crippen molar-refractivity contribution in [3.8, 4) is 0 Å². The monoisotopic (exact) mass is 419 g/mol. The first-order valence-electron chi connectivity index (χ1n) is 9.08. The van der Waals surface area contributed by atoms with Crippen LogP contribution < -0.4 is 5.73 Å². The first-order valence-corrected chi connectivity index (χ1v) is 10.7. The lowest BCUT2D eigenvalue weighted by molar-refractivity contribution is 0.0988. The van der Waals surface area contributed by atoms with Crippen molar-refractivity contribution in [1.29, 1.82) is 0 Å². The molecule has 2 aromatic rings. The number of ketones is 1. The van der Waals surface area contributed by atoms with Gasteiger partial charge in [0.1, 0.15) is 33.4 Å². The van der Waals surface area contributed by atoms with Crippen LogP contribution in [0.2, 0.25) is 0 Å². The Morgan fingerprint density at radius 3 is 2.52 bits per heavy atom. The van der Waals surface area contributed by atoms with Gasteiger partial charge in [0.25, 0.3) is 0 Å². The van der Waals surface area contributed by atoms with Crippen LogP contribution in [0, 0.1) is 11.6 Å². The van der Waals surface area contributed by atoms with Crippen LogP contribution in [0.15, 0.2) is 41.5 Å². The molecule has 1 atom stereocenters. The fraction of sp³-hybridized carbons (Fsp3) is 0.350. The summed E-state index contributed by atoms with van der Waals surface area (Å²) in [6, 6.07) is 6.47. The summed E-state index contributed by atoms with van der Waals surface area (Å²) in [5, 5.41) is 0. The summed E-state index contributed by atoms with van der Waals surface area (Å²) >= 11 is 0. The van der Waals surface area contributed by atoms with E-state index in [0.29, 0.717) is 18.4 Å². The van der Waals surface area contributed by atoms with E-state index in [1.165, 1.54) is 31.2 Å². The number of rotatable bonds is 4. The van der Waals surface area contributed by atoms with E-state index in [1.54, 1.807) is 0 Å². The average Bonchev–Trinajstić information content (AvgIpc) is 3.44. The fourth-order valence-electron chi connectivity index (χ4n) is 3.80. The van der Waals surface area contributed by atoms with Gasteiger partial charge in [-0.25, -0.2) is 17.2 Å². The quantitative estimate of drug-likeness (QED) is 0.767. The normalized spacial score (nSPS) is 24.2. The summed E-state index contributed by atoms with van der Waals surface area (Å²) in [6.45, 7) is 1.53. The zero-order valence-corrected chi connectivity index (χ0v) is 16.5. The number of hydrogen-bond acceptors (Lipinski definition) is 6. The molecule has 0 saturated heterocycles. The third-order valence-electron chi connectivity index (χ3n) is 5.59. The summed E-state index contributed by atoms with van der Waals surface area (Å²) in [5.74, 6) is -1.89. The van der Waals surface area contributed by atoms with Gasteiger partial charge >= 0.3 is 0 Å². The zero-order chi connectivity index (χ0) is 21.0. The molecule has 1 aliphatic heterocycles. The van der Waals surface area contributed by atoms with Crippen LogP contribution in [0.1, 0.15) is 41.4 Å². The standard InChI is InChI=1S/C20H19F2N3O3S/c1-19(11-29(27,28)20(6-7-20)18(23)25-19)14-8-12(2-4-15(14)22)9-17(26)16-5-3-13(21)10-24-16/h2-5,8,10H,6-7,9,11H2,1H3,(H2,23,25)/t19-/m0/s1. The molecule has 4 rings (SSSR count). The van der Waals surface area contributed by atoms with Gasteiger partial charge < -0.3 is 5.73 Å². The Balaban J connectivity index is 1.68. The van der Waals surface area contributed by atoms with Gasteiger partial charge in [-0.3, -0.25) is 14.8 Å². The lowest BCUT2D eigenvalue weighted by atomic mass is 9.91. The first-order chi connectivity index (χ1) is 13.6. The van der Waals surface area contributed by atoms with E-state index in [0.717, 1.165) is 12.3 Å². The van der Waals surface area contributed by atoms with Gasteiger partial charge in [0.05, 0.1) is 11.9 Å². The summed E-state index contributed by atoms with van der Waals surface area (Å²) in [7, 11) is -3.59. The van der Waals surface area contributed by atoms with Crippen LogP contribution in [-0.2, 0) is 21.8 Å². The molecule has 0 bridgehead atoms. The number of aliphatic imine (C=N–C) groups is 1. The van der Waals surface area contributed by atoms with E-state index >= 15 is 0 Å². The van der Waals surface area contributed by atoms with Gasteiger partial charge in [0.2, 0.25) is 0 Å². The van der Waals surface area contributed by atoms with E-state index in [1.807, 2.05) is 0 Å². The number of carbonyl (C=O) groups excluding carboxylic acids is 1. The molecule has 1 fully saturated rings. The fourth-order valence-corrected chi connectivity index (χ4v) is 6.12. The molecule has 6 nitrogen and oxygen atoms in total. The SMILES string of the molecule is C[C@@]1(c2cc(CC(=O)c3ccc(F)cn3)ccc2F)CS(=O)(=O)C2(CC2)C(N)=N1. The van der Waals surface area contributed by atoms with Gasteiger partial charge in [-0.15, -0.1) is 0 Å². The number of nitrogens with zero attached hydrogens (tertiary/aromatic N) is 2. The molecular weight excluding hydrogens is 400 g/mol. The predicted octanol–water partition coefficient (Wildman–Crippen LogP) is 2.32. The number of nitrogens with two attached hydrogens (primary N) is 1. The van der Waals surface area contributed by atoms with E-state index in [4.69, 9.17) is 5.73 Å². The highest BCUT2D eigenvalue weighted by molar-refractivity contribution is 7.94. The molecule has 1 aromatic carbocycles. The topological polar surface area (TPSA) is 102 Å². The second kappa shape index (κ2) is 6.41. The zero-order valence-electron chi connectivity index (χ0n) is 15.7. The summed E-state index contributed by atoms with van der Waals surface area (Å²) < 4.78 is 52.1. The van der Waals surface area contributed by atoms with Crippen LogP contribution >= 0.6 is 0 Å². The number of amidine groups is 1. The number of pyridine rings is 1. The minimum absolute atomic E-state index is 0.0163. The minimum Gasteiger partial charge on any atom is -0.386 e. The second-order valence-electron chi connectivity index (χ2n) is 7.80. The number of halogens is 2. The maximum atomic E-state index is 14.6. The molecule has 2 N–H and O–H groups in total. The lowest BCUT2D eigenvalue weighted by Crippen LogP contribution is -2.50. The highest BCUT2D eigenvalue weighted by Gasteiger charge is 2.62. The van der Waals surface area contributed by atoms with Gasteiger partial charge in [-0.05, 0) is 49.6 Å². The Bertz CT molecular complexity index is 1140. The van der Waals surface area contributed by atoms with Crippen LogP contribution in [0.5, 0.6) is 0 Å². The molecule has 2 aliphatic rings. The summed E-state index contributed by atoms with van der Waals surface area (Å²) in [5.41, 5.74) is 5.22. The van der Waals surface area contributed by atoms with Crippen molar-refractivity contribution in [3.63, 3.8) is 0 Å². The van der Waals surface area contributed by atoms with Gasteiger partial charge in [-0.1, -0.05) is 6.07 Å². The molecule has 0 radical (unpaired) electrons. The van der Waals surface area contributed by atoms with Crippen molar-refractivity contribution < 1.29 is 22.0 Å². The maximum absolute atomic E-state index is 14.6. The Morgan fingerprint density at radius 1 is 1.21 bits per heavy atom. The number of aromatic nitrogens is 1. The van der Waals surface area contributed by atoms with Crippen LogP contribution in [-0.4, -0.2) is 35.5 Å². The third-order valence-corrected chi connectivity index (χ3v) is 8.34. The molecule has 9 heteroatoms. The van der Waals surface area contributed by atoms with Gasteiger partial charge in [-0.2, -0.15) is 0 Å². The maximum Gasteiger partial charge on any atom is 0.185 e. The molecule has 152 valence electrons. The molecule has 1 spiro atoms. The third kappa shape index (κ3) is 3.23. The van der Waals surface area contributed by atoms with Crippen molar-refractivity contribution in [2.45, 2.75) is 36.5 Å². The van der Waals surface area contributed by atoms with Crippen LogP contribution in [0.25, 0.3) is 0 Å². The van der Waals surface area contributed by atoms with Crippen molar-refractivity contribution in [2.24, 2.45) is 10.7 Å².